The van der Waals surface area contributed by atoms with Crippen molar-refractivity contribution < 1.29 is 4.74 Å². The molecule has 0 amide bonds. The van der Waals surface area contributed by atoms with Crippen molar-refractivity contribution in [1.82, 2.24) is 9.80 Å². The number of nitrogens with zero attached hydrogens (tertiary/aromatic N) is 2. The van der Waals surface area contributed by atoms with Gasteiger partial charge in [-0.1, -0.05) is 12.1 Å². The van der Waals surface area contributed by atoms with E-state index >= 15 is 0 Å². The molecule has 1 fully saturated rings. The van der Waals surface area contributed by atoms with Crippen LogP contribution in [0.25, 0.3) is 0 Å². The number of ether oxygens (including phenoxy) is 1. The number of nitrogens with two attached hydrogens (primary N) is 1. The lowest BCUT2D eigenvalue weighted by Crippen LogP contribution is -2.32. The van der Waals surface area contributed by atoms with Crippen molar-refractivity contribution in [3.8, 4) is 5.75 Å². The molecule has 1 aliphatic rings. The first kappa shape index (κ1) is 16.3. The van der Waals surface area contributed by atoms with Crippen LogP contribution >= 0.6 is 0 Å². The third kappa shape index (κ3) is 6.04. The zero-order valence-electron chi connectivity index (χ0n) is 13.3. The topological polar surface area (TPSA) is 41.7 Å². The molecule has 1 aromatic rings. The first-order chi connectivity index (χ1) is 10.3. The van der Waals surface area contributed by atoms with Gasteiger partial charge in [0.25, 0.3) is 0 Å². The summed E-state index contributed by atoms with van der Waals surface area (Å²) in [5.41, 5.74) is 6.75. The highest BCUT2D eigenvalue weighted by Gasteiger charge is 2.11. The standard InChI is InChI=1S/C17H29N3O/c1-19(11-12-20-9-2-3-10-20)8-5-13-21-17-7-4-6-16(14-17)15-18/h4,6-7,14H,2-3,5,8-13,15,18H2,1H3. The van der Waals surface area contributed by atoms with Gasteiger partial charge in [-0.15, -0.1) is 0 Å². The summed E-state index contributed by atoms with van der Waals surface area (Å²) in [6.45, 7) is 7.35. The van der Waals surface area contributed by atoms with Gasteiger partial charge < -0.3 is 20.3 Å². The number of likely N-dealkylation sites (tertiary alicyclic amines) is 1. The fraction of sp³-hybridized carbons (Fsp3) is 0.647. The fourth-order valence-corrected chi connectivity index (χ4v) is 2.72. The average Bonchev–Trinajstić information content (AvgIpc) is 3.03. The van der Waals surface area contributed by atoms with E-state index in [0.29, 0.717) is 6.54 Å². The molecule has 1 aliphatic heterocycles. The van der Waals surface area contributed by atoms with E-state index in [1.807, 2.05) is 24.3 Å². The normalized spacial score (nSPS) is 15.8. The predicted octanol–water partition coefficient (Wildman–Crippen LogP) is 1.94. The van der Waals surface area contributed by atoms with Gasteiger partial charge in [-0.25, -0.2) is 0 Å². The zero-order valence-corrected chi connectivity index (χ0v) is 13.3. The predicted molar refractivity (Wildman–Crippen MR) is 87.6 cm³/mol. The van der Waals surface area contributed by atoms with E-state index in [1.54, 1.807) is 0 Å². The van der Waals surface area contributed by atoms with Crippen LogP contribution in [0.5, 0.6) is 5.75 Å². The molecule has 0 bridgehead atoms. The Hall–Kier alpha value is -1.10. The van der Waals surface area contributed by atoms with Crippen LogP contribution in [-0.4, -0.2) is 56.2 Å². The molecule has 4 nitrogen and oxygen atoms in total. The number of benzene rings is 1. The van der Waals surface area contributed by atoms with Crippen molar-refractivity contribution in [2.75, 3.05) is 46.4 Å². The molecule has 0 atom stereocenters. The molecular weight excluding hydrogens is 262 g/mol. The van der Waals surface area contributed by atoms with E-state index in [0.717, 1.165) is 37.4 Å². The molecule has 2 N–H and O–H groups in total. The van der Waals surface area contributed by atoms with Crippen LogP contribution in [0.3, 0.4) is 0 Å². The van der Waals surface area contributed by atoms with Gasteiger partial charge in [0.05, 0.1) is 6.61 Å². The minimum Gasteiger partial charge on any atom is -0.494 e. The third-order valence-electron chi connectivity index (χ3n) is 4.08. The molecule has 2 rings (SSSR count). The number of rotatable bonds is 9. The summed E-state index contributed by atoms with van der Waals surface area (Å²) in [4.78, 5) is 4.96. The smallest absolute Gasteiger partial charge is 0.119 e. The lowest BCUT2D eigenvalue weighted by atomic mass is 10.2. The Bertz CT molecular complexity index is 405. The Labute approximate surface area is 128 Å². The van der Waals surface area contributed by atoms with Gasteiger partial charge in [-0.3, -0.25) is 0 Å². The molecule has 0 aromatic heterocycles. The van der Waals surface area contributed by atoms with Gasteiger partial charge >= 0.3 is 0 Å². The highest BCUT2D eigenvalue weighted by molar-refractivity contribution is 5.28. The Kier molecular flexibility index (Phi) is 7.00. The SMILES string of the molecule is CN(CCCOc1cccc(CN)c1)CCN1CCCC1. The Balaban J connectivity index is 1.55. The molecule has 0 saturated carbocycles. The summed E-state index contributed by atoms with van der Waals surface area (Å²) >= 11 is 0. The van der Waals surface area contributed by atoms with Gasteiger partial charge in [0, 0.05) is 26.2 Å². The zero-order chi connectivity index (χ0) is 14.9. The van der Waals surface area contributed by atoms with Gasteiger partial charge in [0.15, 0.2) is 0 Å². The molecule has 1 saturated heterocycles. The molecule has 1 aromatic carbocycles. The van der Waals surface area contributed by atoms with Crippen molar-refractivity contribution in [2.24, 2.45) is 5.73 Å². The van der Waals surface area contributed by atoms with Crippen LogP contribution < -0.4 is 10.5 Å². The fourth-order valence-electron chi connectivity index (χ4n) is 2.72. The van der Waals surface area contributed by atoms with E-state index < -0.39 is 0 Å². The largest absolute Gasteiger partial charge is 0.494 e. The number of hydrogen-bond acceptors (Lipinski definition) is 4. The Morgan fingerprint density at radius 1 is 1.24 bits per heavy atom. The second-order valence-electron chi connectivity index (χ2n) is 5.91. The Morgan fingerprint density at radius 3 is 2.81 bits per heavy atom. The molecule has 0 spiro atoms. The van der Waals surface area contributed by atoms with Crippen LogP contribution in [-0.2, 0) is 6.54 Å². The lowest BCUT2D eigenvalue weighted by molar-refractivity contribution is 0.233. The second kappa shape index (κ2) is 9.03. The van der Waals surface area contributed by atoms with E-state index in [1.165, 1.54) is 32.5 Å². The van der Waals surface area contributed by atoms with Crippen LogP contribution in [0.15, 0.2) is 24.3 Å². The van der Waals surface area contributed by atoms with Crippen LogP contribution in [0.2, 0.25) is 0 Å². The van der Waals surface area contributed by atoms with E-state index in [-0.39, 0.29) is 0 Å². The molecule has 0 radical (unpaired) electrons. The van der Waals surface area contributed by atoms with Crippen molar-refractivity contribution in [2.45, 2.75) is 25.8 Å². The van der Waals surface area contributed by atoms with Gasteiger partial charge in [-0.05, 0) is 57.1 Å². The molecule has 4 heteroatoms. The maximum absolute atomic E-state index is 5.78. The van der Waals surface area contributed by atoms with Gasteiger partial charge in [0.1, 0.15) is 5.75 Å². The highest BCUT2D eigenvalue weighted by atomic mass is 16.5. The van der Waals surface area contributed by atoms with Gasteiger partial charge in [0.2, 0.25) is 0 Å². The first-order valence-corrected chi connectivity index (χ1v) is 8.10. The molecule has 0 unspecified atom stereocenters. The minimum absolute atomic E-state index is 0.566. The van der Waals surface area contributed by atoms with E-state index in [2.05, 4.69) is 16.8 Å². The van der Waals surface area contributed by atoms with Crippen molar-refractivity contribution in [3.63, 3.8) is 0 Å². The van der Waals surface area contributed by atoms with Crippen molar-refractivity contribution in [3.05, 3.63) is 29.8 Å². The Morgan fingerprint density at radius 2 is 2.05 bits per heavy atom. The van der Waals surface area contributed by atoms with Gasteiger partial charge in [-0.2, -0.15) is 0 Å². The lowest BCUT2D eigenvalue weighted by Gasteiger charge is -2.21. The molecule has 1 heterocycles. The summed E-state index contributed by atoms with van der Waals surface area (Å²) in [5, 5.41) is 0. The molecule has 118 valence electrons. The first-order valence-electron chi connectivity index (χ1n) is 8.10. The van der Waals surface area contributed by atoms with E-state index in [9.17, 15) is 0 Å². The summed E-state index contributed by atoms with van der Waals surface area (Å²) in [6.07, 6.45) is 3.81. The number of hydrogen-bond donors (Lipinski definition) is 1. The molecular formula is C17H29N3O. The van der Waals surface area contributed by atoms with Crippen molar-refractivity contribution in [1.29, 1.82) is 0 Å². The van der Waals surface area contributed by atoms with Crippen LogP contribution in [0.1, 0.15) is 24.8 Å². The second-order valence-corrected chi connectivity index (χ2v) is 5.91. The summed E-state index contributed by atoms with van der Waals surface area (Å²) in [7, 11) is 2.20. The maximum atomic E-state index is 5.78. The van der Waals surface area contributed by atoms with Crippen LogP contribution in [0.4, 0.5) is 0 Å². The summed E-state index contributed by atoms with van der Waals surface area (Å²) in [6, 6.07) is 8.05. The summed E-state index contributed by atoms with van der Waals surface area (Å²) in [5.74, 6) is 0.928. The monoisotopic (exact) mass is 291 g/mol. The van der Waals surface area contributed by atoms with Crippen LogP contribution in [0, 0.1) is 0 Å². The average molecular weight is 291 g/mol. The van der Waals surface area contributed by atoms with Crippen molar-refractivity contribution >= 4 is 0 Å². The maximum Gasteiger partial charge on any atom is 0.119 e. The molecule has 21 heavy (non-hydrogen) atoms. The third-order valence-corrected chi connectivity index (χ3v) is 4.08. The van der Waals surface area contributed by atoms with E-state index in [4.69, 9.17) is 10.5 Å². The molecule has 0 aliphatic carbocycles. The number of likely N-dealkylation sites (N-methyl/N-ethyl adjacent to an activating group) is 1. The highest BCUT2D eigenvalue weighted by Crippen LogP contribution is 2.13. The summed E-state index contributed by atoms with van der Waals surface area (Å²) < 4.78 is 5.78. The quantitative estimate of drug-likeness (QED) is 0.706. The minimum atomic E-state index is 0.566.